The zero-order valence-corrected chi connectivity index (χ0v) is 6.84. The van der Waals surface area contributed by atoms with E-state index in [9.17, 15) is 0 Å². The summed E-state index contributed by atoms with van der Waals surface area (Å²) in [6.45, 7) is 0. The Morgan fingerprint density at radius 3 is 2.91 bits per heavy atom. The van der Waals surface area contributed by atoms with Crippen LogP contribution in [0.1, 0.15) is 0 Å². The molecule has 0 aliphatic rings. The molecule has 0 unspecified atom stereocenters. The van der Waals surface area contributed by atoms with Gasteiger partial charge in [0.2, 0.25) is 10.6 Å². The van der Waals surface area contributed by atoms with Crippen molar-refractivity contribution < 1.29 is 0 Å². The summed E-state index contributed by atoms with van der Waals surface area (Å²) >= 11 is 11.3. The maximum Gasteiger partial charge on any atom is 0.227 e. The lowest BCUT2D eigenvalue weighted by Crippen LogP contribution is -1.92. The van der Waals surface area contributed by atoms with Gasteiger partial charge < -0.3 is 0 Å². The van der Waals surface area contributed by atoms with Crippen molar-refractivity contribution in [1.29, 1.82) is 0 Å². The molecule has 56 valence electrons. The van der Waals surface area contributed by atoms with Crippen LogP contribution in [0.2, 0.25) is 10.6 Å². The van der Waals surface area contributed by atoms with Crippen LogP contribution < -0.4 is 0 Å². The first-order valence-corrected chi connectivity index (χ1v) is 3.69. The van der Waals surface area contributed by atoms with Gasteiger partial charge >= 0.3 is 0 Å². The molecule has 2 heterocycles. The molecular weight excluding hydrogens is 185 g/mol. The minimum atomic E-state index is 0.168. The van der Waals surface area contributed by atoms with E-state index in [4.69, 9.17) is 23.2 Å². The first kappa shape index (κ1) is 6.88. The summed E-state index contributed by atoms with van der Waals surface area (Å²) in [6, 6.07) is 3.63. The summed E-state index contributed by atoms with van der Waals surface area (Å²) in [5, 5.41) is 0.492. The lowest BCUT2D eigenvalue weighted by atomic mass is 10.6. The standard InChI is InChI=1S/C6H3Cl2N3/c7-5-9-4-2-1-3-11(4)6(8)10-5/h1-3H. The van der Waals surface area contributed by atoms with Crippen molar-refractivity contribution in [2.75, 3.05) is 0 Å². The van der Waals surface area contributed by atoms with Crippen molar-refractivity contribution in [2.24, 2.45) is 0 Å². The lowest BCUT2D eigenvalue weighted by molar-refractivity contribution is 1.03. The van der Waals surface area contributed by atoms with Crippen LogP contribution in [0.15, 0.2) is 18.3 Å². The van der Waals surface area contributed by atoms with Gasteiger partial charge in [0, 0.05) is 6.20 Å². The predicted octanol–water partition coefficient (Wildman–Crippen LogP) is 2.04. The summed E-state index contributed by atoms with van der Waals surface area (Å²) < 4.78 is 1.65. The normalized spacial score (nSPS) is 10.7. The van der Waals surface area contributed by atoms with Crippen molar-refractivity contribution in [2.45, 2.75) is 0 Å². The first-order valence-electron chi connectivity index (χ1n) is 2.93. The van der Waals surface area contributed by atoms with E-state index in [2.05, 4.69) is 9.97 Å². The molecule has 5 heteroatoms. The summed E-state index contributed by atoms with van der Waals surface area (Å²) in [4.78, 5) is 7.69. The van der Waals surface area contributed by atoms with Gasteiger partial charge in [0.25, 0.3) is 0 Å². The van der Waals surface area contributed by atoms with Crippen LogP contribution in [0.25, 0.3) is 5.65 Å². The average Bonchev–Trinajstić information content (AvgIpc) is 2.34. The highest BCUT2D eigenvalue weighted by molar-refractivity contribution is 6.31. The van der Waals surface area contributed by atoms with Gasteiger partial charge in [-0.25, -0.2) is 0 Å². The van der Waals surface area contributed by atoms with Crippen LogP contribution >= 0.6 is 23.2 Å². The van der Waals surface area contributed by atoms with Crippen molar-refractivity contribution in [3.05, 3.63) is 28.9 Å². The zero-order chi connectivity index (χ0) is 7.84. The fraction of sp³-hybridized carbons (Fsp3) is 0. The van der Waals surface area contributed by atoms with Crippen molar-refractivity contribution >= 4 is 28.8 Å². The van der Waals surface area contributed by atoms with E-state index in [1.165, 1.54) is 0 Å². The smallest absolute Gasteiger partial charge is 0.227 e. The molecule has 0 aliphatic heterocycles. The third-order valence-corrected chi connectivity index (χ3v) is 1.75. The Kier molecular flexibility index (Phi) is 1.47. The Balaban J connectivity index is 2.91. The van der Waals surface area contributed by atoms with E-state index in [1.54, 1.807) is 16.7 Å². The summed E-state index contributed by atoms with van der Waals surface area (Å²) in [7, 11) is 0. The average molecular weight is 188 g/mol. The van der Waals surface area contributed by atoms with E-state index in [-0.39, 0.29) is 5.28 Å². The molecule has 3 nitrogen and oxygen atoms in total. The van der Waals surface area contributed by atoms with Gasteiger partial charge in [-0.2, -0.15) is 9.97 Å². The van der Waals surface area contributed by atoms with E-state index >= 15 is 0 Å². The Morgan fingerprint density at radius 1 is 1.27 bits per heavy atom. The number of aromatic nitrogens is 3. The second-order valence-electron chi connectivity index (χ2n) is 2.00. The fourth-order valence-electron chi connectivity index (χ4n) is 0.869. The zero-order valence-electron chi connectivity index (χ0n) is 5.33. The molecule has 11 heavy (non-hydrogen) atoms. The molecule has 0 bridgehead atoms. The number of rotatable bonds is 0. The maximum atomic E-state index is 5.73. The summed E-state index contributed by atoms with van der Waals surface area (Å²) in [6.07, 6.45) is 1.77. The van der Waals surface area contributed by atoms with Crippen molar-refractivity contribution in [1.82, 2.24) is 14.4 Å². The van der Waals surface area contributed by atoms with Crippen LogP contribution in [0.3, 0.4) is 0 Å². The lowest BCUT2D eigenvalue weighted by Gasteiger charge is -1.95. The summed E-state index contributed by atoms with van der Waals surface area (Å²) in [5.41, 5.74) is 0.704. The molecule has 0 aromatic carbocycles. The number of hydrogen-bond acceptors (Lipinski definition) is 2. The van der Waals surface area contributed by atoms with E-state index in [0.29, 0.717) is 10.9 Å². The molecule has 2 rings (SSSR count). The third-order valence-electron chi connectivity index (χ3n) is 1.32. The maximum absolute atomic E-state index is 5.73. The monoisotopic (exact) mass is 187 g/mol. The largest absolute Gasteiger partial charge is 0.276 e. The Labute approximate surface area is 72.6 Å². The quantitative estimate of drug-likeness (QED) is 0.633. The van der Waals surface area contributed by atoms with Crippen LogP contribution in [0, 0.1) is 0 Å². The van der Waals surface area contributed by atoms with Crippen LogP contribution in [0.4, 0.5) is 0 Å². The van der Waals surface area contributed by atoms with Gasteiger partial charge in [-0.3, -0.25) is 4.40 Å². The number of nitrogens with zero attached hydrogens (tertiary/aromatic N) is 3. The molecule has 0 saturated carbocycles. The van der Waals surface area contributed by atoms with Gasteiger partial charge in [0.1, 0.15) is 5.65 Å². The molecule has 2 aromatic rings. The molecule has 2 aromatic heterocycles. The molecule has 0 aliphatic carbocycles. The highest BCUT2D eigenvalue weighted by atomic mass is 35.5. The van der Waals surface area contributed by atoms with Gasteiger partial charge in [-0.05, 0) is 35.3 Å². The predicted molar refractivity (Wildman–Crippen MR) is 43.0 cm³/mol. The van der Waals surface area contributed by atoms with Crippen molar-refractivity contribution in [3.63, 3.8) is 0 Å². The second-order valence-corrected chi connectivity index (χ2v) is 2.67. The van der Waals surface area contributed by atoms with Gasteiger partial charge in [0.15, 0.2) is 0 Å². The molecule has 0 amide bonds. The number of halogens is 2. The molecule has 0 radical (unpaired) electrons. The van der Waals surface area contributed by atoms with E-state index < -0.39 is 0 Å². The SMILES string of the molecule is Clc1nc(Cl)n2cccc2n1. The van der Waals surface area contributed by atoms with E-state index in [0.717, 1.165) is 0 Å². The van der Waals surface area contributed by atoms with Gasteiger partial charge in [-0.1, -0.05) is 0 Å². The third kappa shape index (κ3) is 1.06. The van der Waals surface area contributed by atoms with Crippen molar-refractivity contribution in [3.8, 4) is 0 Å². The highest BCUT2D eigenvalue weighted by Gasteiger charge is 2.01. The molecule has 0 saturated heterocycles. The van der Waals surface area contributed by atoms with Crippen LogP contribution in [-0.4, -0.2) is 14.4 Å². The second kappa shape index (κ2) is 2.36. The summed E-state index contributed by atoms with van der Waals surface area (Å²) in [5.74, 6) is 0. The molecule has 0 N–H and O–H groups in total. The number of hydrogen-bond donors (Lipinski definition) is 0. The Morgan fingerprint density at radius 2 is 2.09 bits per heavy atom. The number of fused-ring (bicyclic) bond motifs is 1. The topological polar surface area (TPSA) is 30.2 Å². The Hall–Kier alpha value is -0.800. The fourth-order valence-corrected chi connectivity index (χ4v) is 1.30. The highest BCUT2D eigenvalue weighted by Crippen LogP contribution is 2.12. The van der Waals surface area contributed by atoms with Gasteiger partial charge in [-0.15, -0.1) is 0 Å². The first-order chi connectivity index (χ1) is 5.27. The molecule has 0 spiro atoms. The Bertz CT molecular complexity index is 396. The van der Waals surface area contributed by atoms with Gasteiger partial charge in [0.05, 0.1) is 0 Å². The molecule has 0 atom stereocenters. The van der Waals surface area contributed by atoms with E-state index in [1.807, 2.05) is 6.07 Å². The van der Waals surface area contributed by atoms with Crippen LogP contribution in [0.5, 0.6) is 0 Å². The van der Waals surface area contributed by atoms with Crippen LogP contribution in [-0.2, 0) is 0 Å². The minimum absolute atomic E-state index is 0.168. The molecule has 0 fully saturated rings. The molecular formula is C6H3Cl2N3. The minimum Gasteiger partial charge on any atom is -0.276 e.